The zero-order chi connectivity index (χ0) is 15.8. The molecule has 0 aliphatic rings. The number of rotatable bonds is 8. The van der Waals surface area contributed by atoms with Gasteiger partial charge in [-0.3, -0.25) is 9.59 Å². The van der Waals surface area contributed by atoms with Crippen molar-refractivity contribution in [2.45, 2.75) is 45.7 Å². The van der Waals surface area contributed by atoms with E-state index in [1.54, 1.807) is 31.2 Å². The van der Waals surface area contributed by atoms with Crippen molar-refractivity contribution in [1.29, 1.82) is 0 Å². The first kappa shape index (κ1) is 17.2. The highest BCUT2D eigenvalue weighted by Gasteiger charge is 2.19. The third kappa shape index (κ3) is 6.40. The second-order valence-corrected chi connectivity index (χ2v) is 5.35. The molecule has 1 rings (SSSR count). The molecule has 1 unspecified atom stereocenters. The average molecular weight is 292 g/mol. The van der Waals surface area contributed by atoms with E-state index >= 15 is 0 Å². The van der Waals surface area contributed by atoms with Crippen LogP contribution in [0.25, 0.3) is 0 Å². The number of nitrogens with one attached hydrogen (secondary N) is 2. The van der Waals surface area contributed by atoms with E-state index < -0.39 is 6.04 Å². The molecule has 1 aromatic rings. The number of phenols is 1. The van der Waals surface area contributed by atoms with Crippen LogP contribution in [0.15, 0.2) is 24.3 Å². The van der Waals surface area contributed by atoms with Crippen LogP contribution in [0.5, 0.6) is 5.75 Å². The number of aromatic hydroxyl groups is 1. The van der Waals surface area contributed by atoms with Crippen molar-refractivity contribution in [3.63, 3.8) is 0 Å². The van der Waals surface area contributed by atoms with E-state index in [0.717, 1.165) is 5.56 Å². The van der Waals surface area contributed by atoms with Crippen molar-refractivity contribution in [3.8, 4) is 5.75 Å². The molecule has 0 aromatic heterocycles. The molecule has 5 nitrogen and oxygen atoms in total. The Morgan fingerprint density at radius 1 is 1.19 bits per heavy atom. The summed E-state index contributed by atoms with van der Waals surface area (Å²) in [5.74, 6) is 0.0277. The standard InChI is InChI=1S/C16H24N2O3/c1-4-13(19)10-17-16(21)15(18-11(2)3)9-12-5-7-14(20)8-6-12/h5-8,11,15,18,20H,4,9-10H2,1-3H3,(H,17,21). The highest BCUT2D eigenvalue weighted by Crippen LogP contribution is 2.11. The molecule has 1 amide bonds. The summed E-state index contributed by atoms with van der Waals surface area (Å²) in [7, 11) is 0. The molecule has 116 valence electrons. The Morgan fingerprint density at radius 3 is 2.33 bits per heavy atom. The molecule has 1 aromatic carbocycles. The summed E-state index contributed by atoms with van der Waals surface area (Å²) in [5, 5.41) is 15.2. The number of benzene rings is 1. The molecular formula is C16H24N2O3. The Morgan fingerprint density at radius 2 is 1.81 bits per heavy atom. The van der Waals surface area contributed by atoms with Gasteiger partial charge in [-0.25, -0.2) is 0 Å². The van der Waals surface area contributed by atoms with Crippen LogP contribution >= 0.6 is 0 Å². The summed E-state index contributed by atoms with van der Waals surface area (Å²) in [6.07, 6.45) is 0.922. The highest BCUT2D eigenvalue weighted by atomic mass is 16.3. The molecule has 3 N–H and O–H groups in total. The maximum absolute atomic E-state index is 12.2. The van der Waals surface area contributed by atoms with E-state index in [1.165, 1.54) is 0 Å². The molecule has 0 heterocycles. The number of carbonyl (C=O) groups is 2. The van der Waals surface area contributed by atoms with Gasteiger partial charge in [-0.1, -0.05) is 32.9 Å². The fourth-order valence-corrected chi connectivity index (χ4v) is 1.93. The molecule has 0 saturated carbocycles. The quantitative estimate of drug-likeness (QED) is 0.677. The van der Waals surface area contributed by atoms with Gasteiger partial charge in [0.2, 0.25) is 5.91 Å². The third-order valence-corrected chi connectivity index (χ3v) is 3.08. The molecule has 0 aliphatic carbocycles. The molecule has 0 aliphatic heterocycles. The van der Waals surface area contributed by atoms with Crippen molar-refractivity contribution in [2.24, 2.45) is 0 Å². The van der Waals surface area contributed by atoms with Gasteiger partial charge < -0.3 is 15.7 Å². The number of Topliss-reactive ketones (excluding diaryl/α,β-unsaturated/α-hetero) is 1. The zero-order valence-corrected chi connectivity index (χ0v) is 12.8. The summed E-state index contributed by atoms with van der Waals surface area (Å²) in [6.45, 7) is 5.78. The van der Waals surface area contributed by atoms with Gasteiger partial charge in [0, 0.05) is 12.5 Å². The Hall–Kier alpha value is -1.88. The van der Waals surface area contributed by atoms with Crippen molar-refractivity contribution in [1.82, 2.24) is 10.6 Å². The molecular weight excluding hydrogens is 268 g/mol. The van der Waals surface area contributed by atoms with Gasteiger partial charge in [0.15, 0.2) is 5.78 Å². The largest absolute Gasteiger partial charge is 0.508 e. The third-order valence-electron chi connectivity index (χ3n) is 3.08. The molecule has 1 atom stereocenters. The van der Waals surface area contributed by atoms with Gasteiger partial charge in [0.25, 0.3) is 0 Å². The minimum Gasteiger partial charge on any atom is -0.508 e. The van der Waals surface area contributed by atoms with Gasteiger partial charge in [-0.2, -0.15) is 0 Å². The molecule has 0 spiro atoms. The van der Waals surface area contributed by atoms with Crippen LogP contribution in [-0.4, -0.2) is 35.4 Å². The lowest BCUT2D eigenvalue weighted by Crippen LogP contribution is -2.49. The lowest BCUT2D eigenvalue weighted by molar-refractivity contribution is -0.126. The maximum atomic E-state index is 12.2. The Labute approximate surface area is 125 Å². The summed E-state index contributed by atoms with van der Waals surface area (Å²) in [6, 6.07) is 6.52. The van der Waals surface area contributed by atoms with E-state index in [1.807, 2.05) is 13.8 Å². The minimum absolute atomic E-state index is 0.0104. The average Bonchev–Trinajstić information content (AvgIpc) is 2.45. The first-order valence-electron chi connectivity index (χ1n) is 7.25. The smallest absolute Gasteiger partial charge is 0.237 e. The van der Waals surface area contributed by atoms with E-state index in [-0.39, 0.29) is 30.0 Å². The Bertz CT molecular complexity index is 469. The Balaban J connectivity index is 2.68. The number of ketones is 1. The predicted octanol–water partition coefficient (Wildman–Crippen LogP) is 1.40. The number of carbonyl (C=O) groups excluding carboxylic acids is 2. The molecule has 0 fully saturated rings. The van der Waals surface area contributed by atoms with Crippen LogP contribution in [-0.2, 0) is 16.0 Å². The van der Waals surface area contributed by atoms with Crippen LogP contribution in [0, 0.1) is 0 Å². The summed E-state index contributed by atoms with van der Waals surface area (Å²) >= 11 is 0. The maximum Gasteiger partial charge on any atom is 0.237 e. The lowest BCUT2D eigenvalue weighted by atomic mass is 10.0. The lowest BCUT2D eigenvalue weighted by Gasteiger charge is -2.20. The fraction of sp³-hybridized carbons (Fsp3) is 0.500. The SMILES string of the molecule is CCC(=O)CNC(=O)C(Cc1ccc(O)cc1)NC(C)C. The first-order valence-corrected chi connectivity index (χ1v) is 7.25. The van der Waals surface area contributed by atoms with Gasteiger partial charge in [0.1, 0.15) is 5.75 Å². The van der Waals surface area contributed by atoms with Crippen molar-refractivity contribution < 1.29 is 14.7 Å². The number of phenolic OH excluding ortho intramolecular Hbond substituents is 1. The van der Waals surface area contributed by atoms with Crippen molar-refractivity contribution >= 4 is 11.7 Å². The van der Waals surface area contributed by atoms with Crippen LogP contribution in [0.3, 0.4) is 0 Å². The molecule has 21 heavy (non-hydrogen) atoms. The van der Waals surface area contributed by atoms with E-state index in [0.29, 0.717) is 12.8 Å². The molecule has 0 radical (unpaired) electrons. The van der Waals surface area contributed by atoms with Gasteiger partial charge in [0.05, 0.1) is 12.6 Å². The van der Waals surface area contributed by atoms with Gasteiger partial charge in [-0.15, -0.1) is 0 Å². The van der Waals surface area contributed by atoms with E-state index in [9.17, 15) is 14.7 Å². The normalized spacial score (nSPS) is 12.2. The predicted molar refractivity (Wildman–Crippen MR) is 82.2 cm³/mol. The highest BCUT2D eigenvalue weighted by molar-refractivity contribution is 5.88. The second-order valence-electron chi connectivity index (χ2n) is 5.35. The first-order chi connectivity index (χ1) is 9.92. The van der Waals surface area contributed by atoms with Crippen LogP contribution in [0.2, 0.25) is 0 Å². The summed E-state index contributed by atoms with van der Waals surface area (Å²) < 4.78 is 0. The number of amides is 1. The monoisotopic (exact) mass is 292 g/mol. The van der Waals surface area contributed by atoms with Gasteiger partial charge in [-0.05, 0) is 24.1 Å². The van der Waals surface area contributed by atoms with Crippen molar-refractivity contribution in [3.05, 3.63) is 29.8 Å². The number of hydrogen-bond acceptors (Lipinski definition) is 4. The number of hydrogen-bond donors (Lipinski definition) is 3. The van der Waals surface area contributed by atoms with Crippen LogP contribution < -0.4 is 10.6 Å². The molecule has 0 saturated heterocycles. The molecule has 0 bridgehead atoms. The topological polar surface area (TPSA) is 78.4 Å². The van der Waals surface area contributed by atoms with Crippen LogP contribution in [0.1, 0.15) is 32.8 Å². The van der Waals surface area contributed by atoms with E-state index in [4.69, 9.17) is 0 Å². The summed E-state index contributed by atoms with van der Waals surface area (Å²) in [5.41, 5.74) is 0.947. The zero-order valence-electron chi connectivity index (χ0n) is 12.8. The van der Waals surface area contributed by atoms with Gasteiger partial charge >= 0.3 is 0 Å². The van der Waals surface area contributed by atoms with Crippen molar-refractivity contribution in [2.75, 3.05) is 6.54 Å². The minimum atomic E-state index is -0.404. The van der Waals surface area contributed by atoms with Crippen LogP contribution in [0.4, 0.5) is 0 Å². The Kier molecular flexibility index (Phi) is 6.88. The fourth-order valence-electron chi connectivity index (χ4n) is 1.93. The summed E-state index contributed by atoms with van der Waals surface area (Å²) in [4.78, 5) is 23.5. The van der Waals surface area contributed by atoms with E-state index in [2.05, 4.69) is 10.6 Å². The molecule has 5 heteroatoms. The second kappa shape index (κ2) is 8.42.